The van der Waals surface area contributed by atoms with Crippen molar-refractivity contribution in [1.82, 2.24) is 0 Å². The third-order valence-corrected chi connectivity index (χ3v) is 1.22. The molecule has 1 aromatic heterocycles. The number of aliphatic hydroxyl groups is 1. The topological polar surface area (TPSA) is 42.6 Å². The van der Waals surface area contributed by atoms with Crippen LogP contribution in [0, 0.1) is 0 Å². The second kappa shape index (κ2) is 3.83. The predicted octanol–water partition coefficient (Wildman–Crippen LogP) is 1.43. The van der Waals surface area contributed by atoms with E-state index in [-0.39, 0.29) is 6.61 Å². The van der Waals surface area contributed by atoms with Crippen LogP contribution in [0.2, 0.25) is 0 Å². The van der Waals surface area contributed by atoms with Gasteiger partial charge in [-0.05, 0) is 12.1 Å². The first kappa shape index (κ1) is 7.88. The molecule has 3 heteroatoms. The first-order valence-corrected chi connectivity index (χ1v) is 3.27. The molecule has 0 spiro atoms. The molecule has 0 bridgehead atoms. The Morgan fingerprint density at radius 2 is 2.27 bits per heavy atom. The zero-order valence-corrected chi connectivity index (χ0v) is 6.12. The van der Waals surface area contributed by atoms with Crippen LogP contribution >= 0.6 is 0 Å². The van der Waals surface area contributed by atoms with Gasteiger partial charge in [0.1, 0.15) is 24.7 Å². The van der Waals surface area contributed by atoms with Gasteiger partial charge >= 0.3 is 0 Å². The summed E-state index contributed by atoms with van der Waals surface area (Å²) in [6.07, 6.45) is 1.35. The highest BCUT2D eigenvalue weighted by atomic mass is 16.5. The molecule has 1 N–H and O–H groups in total. The zero-order valence-electron chi connectivity index (χ0n) is 6.12. The van der Waals surface area contributed by atoms with Crippen LogP contribution in [-0.4, -0.2) is 5.11 Å². The van der Waals surface area contributed by atoms with E-state index >= 15 is 0 Å². The van der Waals surface area contributed by atoms with Crippen LogP contribution in [0.5, 0.6) is 0 Å². The van der Waals surface area contributed by atoms with E-state index in [0.29, 0.717) is 18.1 Å². The highest BCUT2D eigenvalue weighted by Crippen LogP contribution is 2.08. The summed E-state index contributed by atoms with van der Waals surface area (Å²) in [5.41, 5.74) is 0. The number of rotatable bonds is 4. The Kier molecular flexibility index (Phi) is 2.74. The summed E-state index contributed by atoms with van der Waals surface area (Å²) < 4.78 is 9.98. The fourth-order valence-electron chi connectivity index (χ4n) is 0.726. The predicted molar refractivity (Wildman–Crippen MR) is 39.6 cm³/mol. The van der Waals surface area contributed by atoms with Crippen molar-refractivity contribution in [2.24, 2.45) is 0 Å². The third kappa shape index (κ3) is 2.13. The Bertz CT molecular complexity index is 227. The van der Waals surface area contributed by atoms with E-state index in [9.17, 15) is 0 Å². The fraction of sp³-hybridized carbons (Fsp3) is 0.250. The quantitative estimate of drug-likeness (QED) is 0.667. The van der Waals surface area contributed by atoms with Crippen molar-refractivity contribution in [3.05, 3.63) is 36.5 Å². The lowest BCUT2D eigenvalue weighted by molar-refractivity contribution is 0.195. The summed E-state index contributed by atoms with van der Waals surface area (Å²) >= 11 is 0. The number of ether oxygens (including phenoxy) is 1. The summed E-state index contributed by atoms with van der Waals surface area (Å²) in [5, 5.41) is 8.62. The van der Waals surface area contributed by atoms with Crippen LogP contribution in [0.3, 0.4) is 0 Å². The van der Waals surface area contributed by atoms with Crippen molar-refractivity contribution in [2.45, 2.75) is 13.2 Å². The molecule has 0 aromatic carbocycles. The van der Waals surface area contributed by atoms with Crippen LogP contribution in [0.1, 0.15) is 11.5 Å². The molecular formula is C8H10O3. The lowest BCUT2D eigenvalue weighted by Gasteiger charge is -1.94. The van der Waals surface area contributed by atoms with Crippen molar-refractivity contribution in [2.75, 3.05) is 0 Å². The maximum Gasteiger partial charge on any atom is 0.145 e. The number of furan rings is 1. The molecule has 1 heterocycles. The first-order valence-electron chi connectivity index (χ1n) is 3.27. The Morgan fingerprint density at radius 1 is 1.55 bits per heavy atom. The molecular weight excluding hydrogens is 144 g/mol. The largest absolute Gasteiger partial charge is 0.494 e. The van der Waals surface area contributed by atoms with Crippen molar-refractivity contribution in [1.29, 1.82) is 0 Å². The average molecular weight is 154 g/mol. The molecule has 3 nitrogen and oxygen atoms in total. The van der Waals surface area contributed by atoms with Gasteiger partial charge in [-0.3, -0.25) is 0 Å². The molecule has 11 heavy (non-hydrogen) atoms. The molecule has 0 aliphatic carbocycles. The lowest BCUT2D eigenvalue weighted by atomic mass is 10.4. The summed E-state index contributed by atoms with van der Waals surface area (Å²) in [6.45, 7) is 3.68. The van der Waals surface area contributed by atoms with Crippen LogP contribution in [0.4, 0.5) is 0 Å². The average Bonchev–Trinajstić information content (AvgIpc) is 2.48. The van der Waals surface area contributed by atoms with Crippen molar-refractivity contribution in [3.63, 3.8) is 0 Å². The van der Waals surface area contributed by atoms with Crippen LogP contribution in [0.25, 0.3) is 0 Å². The van der Waals surface area contributed by atoms with E-state index in [0.717, 1.165) is 0 Å². The minimum Gasteiger partial charge on any atom is -0.494 e. The van der Waals surface area contributed by atoms with Gasteiger partial charge in [-0.15, -0.1) is 0 Å². The fourth-order valence-corrected chi connectivity index (χ4v) is 0.726. The Labute approximate surface area is 64.9 Å². The standard InChI is InChI=1S/C8H10O3/c1-2-10-6-8-4-3-7(5-9)11-8/h2-4,9H,1,5-6H2. The van der Waals surface area contributed by atoms with E-state index in [1.165, 1.54) is 6.26 Å². The molecule has 0 aliphatic rings. The second-order valence-corrected chi connectivity index (χ2v) is 2.00. The van der Waals surface area contributed by atoms with E-state index in [2.05, 4.69) is 6.58 Å². The third-order valence-electron chi connectivity index (χ3n) is 1.22. The van der Waals surface area contributed by atoms with Gasteiger partial charge in [0.15, 0.2) is 0 Å². The van der Waals surface area contributed by atoms with Crippen molar-refractivity contribution < 1.29 is 14.3 Å². The van der Waals surface area contributed by atoms with Crippen LogP contribution in [0.15, 0.2) is 29.4 Å². The Hall–Kier alpha value is -1.22. The van der Waals surface area contributed by atoms with Crippen molar-refractivity contribution in [3.8, 4) is 0 Å². The van der Waals surface area contributed by atoms with Gasteiger partial charge in [0, 0.05) is 0 Å². The highest BCUT2D eigenvalue weighted by Gasteiger charge is 1.98. The minimum atomic E-state index is -0.0753. The molecule has 60 valence electrons. The first-order chi connectivity index (χ1) is 5.36. The van der Waals surface area contributed by atoms with E-state index in [1.807, 2.05) is 0 Å². The summed E-state index contributed by atoms with van der Waals surface area (Å²) in [6, 6.07) is 3.47. The van der Waals surface area contributed by atoms with Gasteiger partial charge in [-0.2, -0.15) is 0 Å². The van der Waals surface area contributed by atoms with E-state index in [1.54, 1.807) is 12.1 Å². The number of hydrogen-bond donors (Lipinski definition) is 1. The van der Waals surface area contributed by atoms with Gasteiger partial charge in [0.05, 0.1) is 6.26 Å². The van der Waals surface area contributed by atoms with Gasteiger partial charge < -0.3 is 14.3 Å². The Morgan fingerprint density at radius 3 is 2.82 bits per heavy atom. The van der Waals surface area contributed by atoms with Crippen LogP contribution < -0.4 is 0 Å². The molecule has 0 unspecified atom stereocenters. The molecule has 0 atom stereocenters. The molecule has 0 aliphatic heterocycles. The maximum absolute atomic E-state index is 8.62. The molecule has 1 rings (SSSR count). The number of aliphatic hydroxyl groups excluding tert-OH is 1. The summed E-state index contributed by atoms with van der Waals surface area (Å²) in [4.78, 5) is 0. The monoisotopic (exact) mass is 154 g/mol. The normalized spacial score (nSPS) is 9.55. The molecule has 1 aromatic rings. The minimum absolute atomic E-state index is 0.0753. The highest BCUT2D eigenvalue weighted by molar-refractivity contribution is 5.05. The van der Waals surface area contributed by atoms with Crippen LogP contribution in [-0.2, 0) is 18.0 Å². The summed E-state index contributed by atoms with van der Waals surface area (Å²) in [7, 11) is 0. The summed E-state index contributed by atoms with van der Waals surface area (Å²) in [5.74, 6) is 1.24. The van der Waals surface area contributed by atoms with Gasteiger partial charge in [-0.1, -0.05) is 6.58 Å². The molecule has 0 amide bonds. The molecule has 0 saturated carbocycles. The van der Waals surface area contributed by atoms with Gasteiger partial charge in [0.25, 0.3) is 0 Å². The van der Waals surface area contributed by atoms with Crippen molar-refractivity contribution >= 4 is 0 Å². The number of hydrogen-bond acceptors (Lipinski definition) is 3. The van der Waals surface area contributed by atoms with Gasteiger partial charge in [-0.25, -0.2) is 0 Å². The van der Waals surface area contributed by atoms with E-state index < -0.39 is 0 Å². The molecule has 0 radical (unpaired) electrons. The molecule has 0 saturated heterocycles. The molecule has 0 fully saturated rings. The van der Waals surface area contributed by atoms with Gasteiger partial charge in [0.2, 0.25) is 0 Å². The zero-order chi connectivity index (χ0) is 8.10. The lowest BCUT2D eigenvalue weighted by Crippen LogP contribution is -1.81. The van der Waals surface area contributed by atoms with E-state index in [4.69, 9.17) is 14.3 Å². The smallest absolute Gasteiger partial charge is 0.145 e. The second-order valence-electron chi connectivity index (χ2n) is 2.00. The SMILES string of the molecule is C=COCc1ccc(CO)o1. The Balaban J connectivity index is 2.50. The maximum atomic E-state index is 8.62.